The minimum atomic E-state index is -0.161. The van der Waals surface area contributed by atoms with Crippen LogP contribution in [0.4, 0.5) is 0 Å². The molecule has 0 amide bonds. The van der Waals surface area contributed by atoms with E-state index in [4.69, 9.17) is 15.5 Å². The summed E-state index contributed by atoms with van der Waals surface area (Å²) in [6, 6.07) is 0.153. The number of aromatic nitrogens is 1. The number of rotatable bonds is 1. The van der Waals surface area contributed by atoms with Crippen molar-refractivity contribution >= 4 is 11.3 Å². The molecule has 18 heavy (non-hydrogen) atoms. The van der Waals surface area contributed by atoms with Crippen LogP contribution in [0.5, 0.6) is 0 Å². The van der Waals surface area contributed by atoms with E-state index in [1.165, 1.54) is 10.6 Å². The van der Waals surface area contributed by atoms with Gasteiger partial charge in [-0.05, 0) is 38.0 Å². The molecule has 0 radical (unpaired) electrons. The van der Waals surface area contributed by atoms with Gasteiger partial charge in [-0.3, -0.25) is 0 Å². The summed E-state index contributed by atoms with van der Waals surface area (Å²) in [6.45, 7) is 7.59. The highest BCUT2D eigenvalue weighted by Gasteiger charge is 2.39. The summed E-state index contributed by atoms with van der Waals surface area (Å²) in [7, 11) is 0. The van der Waals surface area contributed by atoms with Crippen LogP contribution in [0.1, 0.15) is 61.7 Å². The lowest BCUT2D eigenvalue weighted by Crippen LogP contribution is -2.28. The summed E-state index contributed by atoms with van der Waals surface area (Å²) in [5, 5.41) is 1.14. The molecule has 100 valence electrons. The zero-order chi connectivity index (χ0) is 13.0. The third-order valence-electron chi connectivity index (χ3n) is 4.15. The molecule has 4 heteroatoms. The maximum Gasteiger partial charge on any atom is 0.125 e. The van der Waals surface area contributed by atoms with Crippen molar-refractivity contribution in [1.29, 1.82) is 0 Å². The van der Waals surface area contributed by atoms with Gasteiger partial charge in [0.15, 0.2) is 0 Å². The number of nitrogens with two attached hydrogens (primary N) is 1. The van der Waals surface area contributed by atoms with Crippen molar-refractivity contribution < 1.29 is 4.74 Å². The molecule has 3 rings (SSSR count). The van der Waals surface area contributed by atoms with Gasteiger partial charge in [0.2, 0.25) is 0 Å². The number of hydrogen-bond acceptors (Lipinski definition) is 4. The van der Waals surface area contributed by atoms with Gasteiger partial charge in [0.05, 0.1) is 5.69 Å². The first-order chi connectivity index (χ1) is 8.40. The van der Waals surface area contributed by atoms with Gasteiger partial charge < -0.3 is 10.5 Å². The van der Waals surface area contributed by atoms with Gasteiger partial charge in [0, 0.05) is 17.5 Å². The second-order valence-electron chi connectivity index (χ2n) is 6.66. The Labute approximate surface area is 113 Å². The van der Waals surface area contributed by atoms with E-state index in [-0.39, 0.29) is 17.1 Å². The van der Waals surface area contributed by atoms with Gasteiger partial charge >= 0.3 is 0 Å². The number of thiazole rings is 1. The summed E-state index contributed by atoms with van der Waals surface area (Å²) in [4.78, 5) is 6.16. The first-order valence-electron chi connectivity index (χ1n) is 6.79. The van der Waals surface area contributed by atoms with Gasteiger partial charge in [0.25, 0.3) is 0 Å². The Morgan fingerprint density at radius 3 is 2.83 bits per heavy atom. The van der Waals surface area contributed by atoms with Crippen LogP contribution in [0.3, 0.4) is 0 Å². The molecule has 2 aliphatic rings. The first-order valence-corrected chi connectivity index (χ1v) is 7.61. The van der Waals surface area contributed by atoms with Gasteiger partial charge in [-0.15, -0.1) is 11.3 Å². The van der Waals surface area contributed by atoms with E-state index in [2.05, 4.69) is 20.8 Å². The van der Waals surface area contributed by atoms with Gasteiger partial charge in [-0.1, -0.05) is 13.8 Å². The highest BCUT2D eigenvalue weighted by atomic mass is 32.1. The van der Waals surface area contributed by atoms with Crippen molar-refractivity contribution in [2.75, 3.05) is 6.61 Å². The van der Waals surface area contributed by atoms with Gasteiger partial charge in [-0.25, -0.2) is 4.98 Å². The molecule has 2 heterocycles. The van der Waals surface area contributed by atoms with E-state index >= 15 is 0 Å². The van der Waals surface area contributed by atoms with Crippen molar-refractivity contribution in [2.45, 2.75) is 58.1 Å². The molecule has 0 bridgehead atoms. The molecule has 1 aliphatic carbocycles. The van der Waals surface area contributed by atoms with Crippen LogP contribution in [0, 0.1) is 5.41 Å². The first kappa shape index (κ1) is 12.6. The Balaban J connectivity index is 1.97. The van der Waals surface area contributed by atoms with E-state index in [1.807, 2.05) is 0 Å². The van der Waals surface area contributed by atoms with E-state index in [0.717, 1.165) is 37.3 Å². The summed E-state index contributed by atoms with van der Waals surface area (Å²) < 4.78 is 5.90. The second-order valence-corrected chi connectivity index (χ2v) is 7.70. The SMILES string of the molecule is CC1(C)Cc2nc(C3(C)CCCO3)sc2C(N)C1. The molecule has 1 fully saturated rings. The molecule has 0 saturated carbocycles. The fourth-order valence-corrected chi connectivity index (χ4v) is 4.38. The minimum Gasteiger partial charge on any atom is -0.368 e. The number of hydrogen-bond donors (Lipinski definition) is 1. The normalized spacial score (nSPS) is 34.6. The molecule has 1 aromatic rings. The highest BCUT2D eigenvalue weighted by molar-refractivity contribution is 7.12. The Morgan fingerprint density at radius 2 is 2.17 bits per heavy atom. The third-order valence-corrected chi connectivity index (χ3v) is 5.63. The standard InChI is InChI=1S/C14H22N2OS/c1-13(2)7-9(15)11-10(8-13)16-12(18-11)14(3)5-4-6-17-14/h9H,4-8,15H2,1-3H3. The Hall–Kier alpha value is -0.450. The molecule has 0 spiro atoms. The fourth-order valence-electron chi connectivity index (χ4n) is 3.17. The number of nitrogens with zero attached hydrogens (tertiary/aromatic N) is 1. The summed E-state index contributed by atoms with van der Waals surface area (Å²) >= 11 is 1.78. The molecule has 3 nitrogen and oxygen atoms in total. The van der Waals surface area contributed by atoms with Crippen LogP contribution in [0.25, 0.3) is 0 Å². The molecule has 2 unspecified atom stereocenters. The van der Waals surface area contributed by atoms with Crippen LogP contribution in [-0.2, 0) is 16.8 Å². The Kier molecular flexibility index (Phi) is 2.81. The molecule has 1 aliphatic heterocycles. The molecule has 1 aromatic heterocycles. The zero-order valence-electron chi connectivity index (χ0n) is 11.5. The van der Waals surface area contributed by atoms with Crippen molar-refractivity contribution in [3.63, 3.8) is 0 Å². The lowest BCUT2D eigenvalue weighted by molar-refractivity contribution is 0.0165. The monoisotopic (exact) mass is 266 g/mol. The lowest BCUT2D eigenvalue weighted by atomic mass is 9.77. The van der Waals surface area contributed by atoms with E-state index in [9.17, 15) is 0 Å². The van der Waals surface area contributed by atoms with Crippen LogP contribution < -0.4 is 5.73 Å². The van der Waals surface area contributed by atoms with Gasteiger partial charge in [0.1, 0.15) is 10.6 Å². The maximum absolute atomic E-state index is 6.31. The van der Waals surface area contributed by atoms with Crippen LogP contribution in [-0.4, -0.2) is 11.6 Å². The molecule has 1 saturated heterocycles. The average molecular weight is 266 g/mol. The van der Waals surface area contributed by atoms with Crippen molar-refractivity contribution in [3.8, 4) is 0 Å². The quantitative estimate of drug-likeness (QED) is 0.849. The summed E-state index contributed by atoms with van der Waals surface area (Å²) in [6.07, 6.45) is 4.32. The summed E-state index contributed by atoms with van der Waals surface area (Å²) in [5.41, 5.74) is 7.64. The summed E-state index contributed by atoms with van der Waals surface area (Å²) in [5.74, 6) is 0. The predicted octanol–water partition coefficient (Wildman–Crippen LogP) is 3.14. The number of ether oxygens (including phenoxy) is 1. The van der Waals surface area contributed by atoms with Gasteiger partial charge in [-0.2, -0.15) is 0 Å². The highest BCUT2D eigenvalue weighted by Crippen LogP contribution is 2.45. The van der Waals surface area contributed by atoms with Crippen molar-refractivity contribution in [3.05, 3.63) is 15.6 Å². The lowest BCUT2D eigenvalue weighted by Gasteiger charge is -2.32. The maximum atomic E-state index is 6.31. The Bertz CT molecular complexity index is 460. The minimum absolute atomic E-state index is 0.153. The molecular weight excluding hydrogens is 244 g/mol. The molecular formula is C14H22N2OS. The van der Waals surface area contributed by atoms with E-state index < -0.39 is 0 Å². The smallest absolute Gasteiger partial charge is 0.125 e. The van der Waals surface area contributed by atoms with Crippen LogP contribution >= 0.6 is 11.3 Å². The second kappa shape index (κ2) is 4.02. The van der Waals surface area contributed by atoms with Crippen LogP contribution in [0.15, 0.2) is 0 Å². The molecule has 0 aromatic carbocycles. The van der Waals surface area contributed by atoms with Crippen molar-refractivity contribution in [1.82, 2.24) is 4.98 Å². The number of fused-ring (bicyclic) bond motifs is 1. The van der Waals surface area contributed by atoms with E-state index in [1.54, 1.807) is 11.3 Å². The van der Waals surface area contributed by atoms with Crippen LogP contribution in [0.2, 0.25) is 0 Å². The third kappa shape index (κ3) is 2.00. The van der Waals surface area contributed by atoms with E-state index in [0.29, 0.717) is 0 Å². The molecule has 2 N–H and O–H groups in total. The largest absolute Gasteiger partial charge is 0.368 e. The zero-order valence-corrected chi connectivity index (χ0v) is 12.3. The topological polar surface area (TPSA) is 48.1 Å². The predicted molar refractivity (Wildman–Crippen MR) is 73.7 cm³/mol. The Morgan fingerprint density at radius 1 is 1.39 bits per heavy atom. The molecule has 2 atom stereocenters. The fraction of sp³-hybridized carbons (Fsp3) is 0.786. The van der Waals surface area contributed by atoms with Crippen molar-refractivity contribution in [2.24, 2.45) is 11.1 Å². The average Bonchev–Trinajstić information content (AvgIpc) is 2.83.